The maximum atomic E-state index is 5.30. The average Bonchev–Trinajstić information content (AvgIpc) is 2.42. The zero-order valence-electron chi connectivity index (χ0n) is 11.4. The molecule has 0 aliphatic heterocycles. The van der Waals surface area contributed by atoms with Gasteiger partial charge in [0.1, 0.15) is 0 Å². The quantitative estimate of drug-likeness (QED) is 0.533. The third kappa shape index (κ3) is 6.42. The van der Waals surface area contributed by atoms with Gasteiger partial charge in [-0.3, -0.25) is 4.98 Å². The SMILES string of the molecule is C#CCCCC(CCc1cccnc1)NCCC. The van der Waals surface area contributed by atoms with Gasteiger partial charge in [-0.05, 0) is 50.3 Å². The first-order valence-corrected chi connectivity index (χ1v) is 6.92. The van der Waals surface area contributed by atoms with Crippen LogP contribution in [0.4, 0.5) is 0 Å². The molecule has 1 atom stereocenters. The largest absolute Gasteiger partial charge is 0.314 e. The van der Waals surface area contributed by atoms with Crippen LogP contribution >= 0.6 is 0 Å². The van der Waals surface area contributed by atoms with Crippen molar-refractivity contribution in [3.63, 3.8) is 0 Å². The van der Waals surface area contributed by atoms with E-state index in [1.54, 1.807) is 0 Å². The molecule has 1 aromatic rings. The molecule has 1 unspecified atom stereocenters. The Hall–Kier alpha value is -1.33. The highest BCUT2D eigenvalue weighted by Crippen LogP contribution is 2.09. The molecule has 18 heavy (non-hydrogen) atoms. The summed E-state index contributed by atoms with van der Waals surface area (Å²) in [6.07, 6.45) is 15.7. The lowest BCUT2D eigenvalue weighted by molar-refractivity contribution is 0.444. The Kier molecular flexibility index (Phi) is 7.92. The van der Waals surface area contributed by atoms with Gasteiger partial charge in [0.05, 0.1) is 0 Å². The Morgan fingerprint density at radius 2 is 2.33 bits per heavy atom. The molecule has 0 bridgehead atoms. The predicted molar refractivity (Wildman–Crippen MR) is 77.3 cm³/mol. The summed E-state index contributed by atoms with van der Waals surface area (Å²) in [7, 11) is 0. The van der Waals surface area contributed by atoms with Gasteiger partial charge in [0.15, 0.2) is 0 Å². The molecule has 0 amide bonds. The van der Waals surface area contributed by atoms with Gasteiger partial charge in [0, 0.05) is 24.9 Å². The molecule has 0 aromatic carbocycles. The standard InChI is InChI=1S/C16H24N2/c1-3-5-6-9-16(18-12-4-2)11-10-15-8-7-13-17-14-15/h1,7-8,13-14,16,18H,4-6,9-12H2,2H3. The minimum atomic E-state index is 0.582. The van der Waals surface area contributed by atoms with Crippen LogP contribution in [0.3, 0.4) is 0 Å². The summed E-state index contributed by atoms with van der Waals surface area (Å²) < 4.78 is 0. The maximum Gasteiger partial charge on any atom is 0.0299 e. The number of terminal acetylenes is 1. The lowest BCUT2D eigenvalue weighted by atomic mass is 10.0. The van der Waals surface area contributed by atoms with Crippen LogP contribution in [0.5, 0.6) is 0 Å². The number of unbranched alkanes of at least 4 members (excludes halogenated alkanes) is 1. The number of nitrogens with one attached hydrogen (secondary N) is 1. The summed E-state index contributed by atoms with van der Waals surface area (Å²) in [5, 5.41) is 3.61. The van der Waals surface area contributed by atoms with Gasteiger partial charge in [-0.1, -0.05) is 13.0 Å². The summed E-state index contributed by atoms with van der Waals surface area (Å²) in [5.74, 6) is 2.72. The summed E-state index contributed by atoms with van der Waals surface area (Å²) in [4.78, 5) is 4.15. The van der Waals surface area contributed by atoms with E-state index < -0.39 is 0 Å². The summed E-state index contributed by atoms with van der Waals surface area (Å²) >= 11 is 0. The Labute approximate surface area is 111 Å². The Bertz CT molecular complexity index is 340. The van der Waals surface area contributed by atoms with E-state index in [0.29, 0.717) is 6.04 Å². The lowest BCUT2D eigenvalue weighted by Gasteiger charge is -2.18. The van der Waals surface area contributed by atoms with Crippen molar-refractivity contribution < 1.29 is 0 Å². The van der Waals surface area contributed by atoms with Crippen LogP contribution in [0.15, 0.2) is 24.5 Å². The zero-order valence-corrected chi connectivity index (χ0v) is 11.4. The Morgan fingerprint density at radius 1 is 1.44 bits per heavy atom. The first-order valence-electron chi connectivity index (χ1n) is 6.92. The van der Waals surface area contributed by atoms with E-state index in [2.05, 4.69) is 29.2 Å². The molecule has 0 aliphatic carbocycles. The second kappa shape index (κ2) is 9.67. The summed E-state index contributed by atoms with van der Waals surface area (Å²) in [6, 6.07) is 4.73. The molecule has 98 valence electrons. The van der Waals surface area contributed by atoms with Crippen LogP contribution in [-0.2, 0) is 6.42 Å². The molecular weight excluding hydrogens is 220 g/mol. The molecule has 2 heteroatoms. The highest BCUT2D eigenvalue weighted by Gasteiger charge is 2.07. The van der Waals surface area contributed by atoms with Crippen molar-refractivity contribution in [2.75, 3.05) is 6.54 Å². The second-order valence-electron chi connectivity index (χ2n) is 4.65. The fourth-order valence-electron chi connectivity index (χ4n) is 2.03. The minimum Gasteiger partial charge on any atom is -0.314 e. The molecule has 1 N–H and O–H groups in total. The number of hydrogen-bond acceptors (Lipinski definition) is 2. The van der Waals surface area contributed by atoms with E-state index in [-0.39, 0.29) is 0 Å². The normalized spacial score (nSPS) is 12.0. The first-order chi connectivity index (χ1) is 8.86. The van der Waals surface area contributed by atoms with E-state index in [4.69, 9.17) is 6.42 Å². The predicted octanol–water partition coefficient (Wildman–Crippen LogP) is 3.19. The third-order valence-electron chi connectivity index (χ3n) is 3.06. The highest BCUT2D eigenvalue weighted by atomic mass is 14.9. The van der Waals surface area contributed by atoms with Crippen molar-refractivity contribution in [1.29, 1.82) is 0 Å². The van der Waals surface area contributed by atoms with Gasteiger partial charge < -0.3 is 5.32 Å². The van der Waals surface area contributed by atoms with Crippen molar-refractivity contribution >= 4 is 0 Å². The lowest BCUT2D eigenvalue weighted by Crippen LogP contribution is -2.30. The fraction of sp³-hybridized carbons (Fsp3) is 0.562. The molecule has 0 saturated heterocycles. The van der Waals surface area contributed by atoms with Crippen molar-refractivity contribution in [2.24, 2.45) is 0 Å². The van der Waals surface area contributed by atoms with Gasteiger partial charge in [-0.2, -0.15) is 0 Å². The molecule has 2 nitrogen and oxygen atoms in total. The molecule has 0 aliphatic rings. The molecule has 0 radical (unpaired) electrons. The van der Waals surface area contributed by atoms with Crippen molar-refractivity contribution in [2.45, 2.75) is 51.5 Å². The molecule has 0 spiro atoms. The van der Waals surface area contributed by atoms with Crippen LogP contribution in [0.2, 0.25) is 0 Å². The number of nitrogens with zero attached hydrogens (tertiary/aromatic N) is 1. The zero-order chi connectivity index (χ0) is 13.1. The first kappa shape index (κ1) is 14.7. The second-order valence-corrected chi connectivity index (χ2v) is 4.65. The van der Waals surface area contributed by atoms with Gasteiger partial charge in [0.2, 0.25) is 0 Å². The van der Waals surface area contributed by atoms with Crippen LogP contribution in [0, 0.1) is 12.3 Å². The van der Waals surface area contributed by atoms with Gasteiger partial charge in [0.25, 0.3) is 0 Å². The smallest absolute Gasteiger partial charge is 0.0299 e. The molecule has 1 aromatic heterocycles. The molecule has 0 saturated carbocycles. The van der Waals surface area contributed by atoms with Crippen LogP contribution in [-0.4, -0.2) is 17.6 Å². The van der Waals surface area contributed by atoms with Gasteiger partial charge in [-0.15, -0.1) is 12.3 Å². The Morgan fingerprint density at radius 3 is 3.00 bits per heavy atom. The van der Waals surface area contributed by atoms with Gasteiger partial charge in [-0.25, -0.2) is 0 Å². The number of aryl methyl sites for hydroxylation is 1. The van der Waals surface area contributed by atoms with Gasteiger partial charge >= 0.3 is 0 Å². The minimum absolute atomic E-state index is 0.582. The summed E-state index contributed by atoms with van der Waals surface area (Å²) in [6.45, 7) is 3.29. The van der Waals surface area contributed by atoms with E-state index in [1.165, 1.54) is 18.4 Å². The van der Waals surface area contributed by atoms with Crippen molar-refractivity contribution in [3.8, 4) is 12.3 Å². The fourth-order valence-corrected chi connectivity index (χ4v) is 2.03. The summed E-state index contributed by atoms with van der Waals surface area (Å²) in [5.41, 5.74) is 1.32. The van der Waals surface area contributed by atoms with Crippen LogP contribution in [0.1, 0.15) is 44.6 Å². The Balaban J connectivity index is 2.33. The van der Waals surface area contributed by atoms with E-state index in [0.717, 1.165) is 32.2 Å². The van der Waals surface area contributed by atoms with Crippen molar-refractivity contribution in [3.05, 3.63) is 30.1 Å². The molecule has 0 fully saturated rings. The van der Waals surface area contributed by atoms with E-state index in [1.807, 2.05) is 18.5 Å². The maximum absolute atomic E-state index is 5.30. The topological polar surface area (TPSA) is 24.9 Å². The number of rotatable bonds is 9. The van der Waals surface area contributed by atoms with Crippen molar-refractivity contribution in [1.82, 2.24) is 10.3 Å². The van der Waals surface area contributed by atoms with Crippen LogP contribution in [0.25, 0.3) is 0 Å². The third-order valence-corrected chi connectivity index (χ3v) is 3.06. The number of aromatic nitrogens is 1. The molecular formula is C16H24N2. The molecule has 1 rings (SSSR count). The van der Waals surface area contributed by atoms with Crippen LogP contribution < -0.4 is 5.32 Å². The number of pyridine rings is 1. The average molecular weight is 244 g/mol. The monoisotopic (exact) mass is 244 g/mol. The van der Waals surface area contributed by atoms with E-state index in [9.17, 15) is 0 Å². The molecule has 1 heterocycles. The number of hydrogen-bond donors (Lipinski definition) is 1. The van der Waals surface area contributed by atoms with E-state index >= 15 is 0 Å². The highest BCUT2D eigenvalue weighted by molar-refractivity contribution is 5.08.